The minimum atomic E-state index is 0.500. The van der Waals surface area contributed by atoms with Crippen molar-refractivity contribution >= 4 is 20.2 Å². The minimum absolute atomic E-state index is 0.500. The van der Waals surface area contributed by atoms with Gasteiger partial charge in [-0.1, -0.05) is 0 Å². The Balaban J connectivity index is 0. The molecule has 0 aromatic heterocycles. The monoisotopic (exact) mass is 518 g/mol. The van der Waals surface area contributed by atoms with Crippen LogP contribution in [0.3, 0.4) is 0 Å². The van der Waals surface area contributed by atoms with E-state index in [1.54, 1.807) is 0 Å². The summed E-state index contributed by atoms with van der Waals surface area (Å²) in [5.74, 6) is 0. The van der Waals surface area contributed by atoms with Gasteiger partial charge in [-0.3, -0.25) is 0 Å². The summed E-state index contributed by atoms with van der Waals surface area (Å²) < 4.78 is 0. The van der Waals surface area contributed by atoms with Crippen molar-refractivity contribution in [1.82, 2.24) is 0 Å². The molecule has 0 aromatic rings. The standard InChI is InChI=1S/BrH.ClH.2Hg/h2*1H;;/q;;2*+1/p-2. The molecule has 0 saturated heterocycles. The van der Waals surface area contributed by atoms with E-state index in [1.165, 1.54) is 0 Å². The van der Waals surface area contributed by atoms with E-state index in [0.29, 0.717) is 24.9 Å². The Kier molecular flexibility index (Phi) is 42.7. The Hall–Kier alpha value is 2.64. The molecule has 0 heterocycles. The summed E-state index contributed by atoms with van der Waals surface area (Å²) in [5, 5.41) is 0. The zero-order valence-electron chi connectivity index (χ0n) is 2.17. The Morgan fingerprint density at radius 3 is 1.25 bits per heavy atom. The van der Waals surface area contributed by atoms with Gasteiger partial charge in [-0.2, -0.15) is 0 Å². The Bertz CT molecular complexity index is 6.00. The Morgan fingerprint density at radius 1 is 1.25 bits per heavy atom. The molecule has 0 bridgehead atoms. The van der Waals surface area contributed by atoms with Crippen LogP contribution in [-0.2, 0) is 48.6 Å². The van der Waals surface area contributed by atoms with Gasteiger partial charge in [-0.05, 0) is 0 Å². The van der Waals surface area contributed by atoms with Crippen molar-refractivity contribution in [2.45, 2.75) is 0 Å². The van der Waals surface area contributed by atoms with Gasteiger partial charge in [-0.15, -0.1) is 0 Å². The van der Waals surface area contributed by atoms with Crippen LogP contribution in [0.15, 0.2) is 0 Å². The van der Waals surface area contributed by atoms with Gasteiger partial charge >= 0.3 is 68.7 Å². The first-order valence-corrected chi connectivity index (χ1v) is 19.2. The van der Waals surface area contributed by atoms with Gasteiger partial charge in [0.15, 0.2) is 0 Å². The van der Waals surface area contributed by atoms with E-state index in [2.05, 4.69) is 11.9 Å². The van der Waals surface area contributed by atoms with E-state index in [0.717, 1.165) is 23.7 Å². The quantitative estimate of drug-likeness (QED) is 0.429. The fourth-order valence-electron chi connectivity index (χ4n) is 0. The van der Waals surface area contributed by atoms with Crippen LogP contribution in [0.1, 0.15) is 0 Å². The molecule has 0 fully saturated rings. The molecule has 0 N–H and O–H groups in total. The van der Waals surface area contributed by atoms with Crippen LogP contribution in [0.25, 0.3) is 0 Å². The van der Waals surface area contributed by atoms with Crippen molar-refractivity contribution in [3.63, 3.8) is 0 Å². The number of hydrogen-bond acceptors (Lipinski definition) is 0. The molecule has 4 heteroatoms. The van der Waals surface area contributed by atoms with Gasteiger partial charge in [0.05, 0.1) is 0 Å². The first kappa shape index (κ1) is 9.81. The molecule has 0 atom stereocenters. The molecule has 0 aliphatic rings. The SMILES string of the molecule is [Br][Hg].[Cl][Hg]. The zero-order valence-corrected chi connectivity index (χ0v) is 15.5. The van der Waals surface area contributed by atoms with Crippen molar-refractivity contribution in [2.75, 3.05) is 0 Å². The van der Waals surface area contributed by atoms with Crippen molar-refractivity contribution < 1.29 is 48.6 Å². The third kappa shape index (κ3) is 8.82. The van der Waals surface area contributed by atoms with Crippen LogP contribution in [-0.4, -0.2) is 0 Å². The fourth-order valence-corrected chi connectivity index (χ4v) is 0. The van der Waals surface area contributed by atoms with E-state index < -0.39 is 0 Å². The molecule has 0 radical (unpaired) electrons. The molecule has 0 spiro atoms. The van der Waals surface area contributed by atoms with E-state index in [9.17, 15) is 0 Å². The molecular weight excluding hydrogens is 517 g/mol. The van der Waals surface area contributed by atoms with Gasteiger partial charge in [0.1, 0.15) is 0 Å². The molecule has 0 nitrogen and oxygen atoms in total. The van der Waals surface area contributed by atoms with Gasteiger partial charge in [0, 0.05) is 0 Å². The fraction of sp³-hybridized carbons (Fsp3) is 0. The Morgan fingerprint density at radius 2 is 1.25 bits per heavy atom. The second kappa shape index (κ2) is 17.4. The Labute approximate surface area is 67.3 Å². The third-order valence-corrected chi connectivity index (χ3v) is 0. The molecule has 0 aliphatic heterocycles. The summed E-state index contributed by atoms with van der Waals surface area (Å²) in [7, 11) is 4.83. The van der Waals surface area contributed by atoms with Crippen molar-refractivity contribution in [3.8, 4) is 0 Å². The first-order chi connectivity index (χ1) is 2.00. The summed E-state index contributed by atoms with van der Waals surface area (Å²) in [6.07, 6.45) is 0. The molecule has 0 amide bonds. The average Bonchev–Trinajstić information content (AvgIpc) is 1.50. The van der Waals surface area contributed by atoms with Crippen LogP contribution in [0.5, 0.6) is 0 Å². The maximum absolute atomic E-state index is 4.83. The molecular formula is BrClHg2. The third-order valence-electron chi connectivity index (χ3n) is 0. The maximum atomic E-state index is 4.83. The predicted octanol–water partition coefficient (Wildman–Crippen LogP) is 1.53. The van der Waals surface area contributed by atoms with Crippen LogP contribution in [0.4, 0.5) is 0 Å². The zero-order chi connectivity index (χ0) is 4.00. The van der Waals surface area contributed by atoms with E-state index in [-0.39, 0.29) is 0 Å². The molecule has 0 unspecified atom stereocenters. The molecule has 0 saturated carbocycles. The van der Waals surface area contributed by atoms with E-state index in [1.807, 2.05) is 0 Å². The molecule has 4 heavy (non-hydrogen) atoms. The number of halogens is 2. The summed E-state index contributed by atoms with van der Waals surface area (Å²) in [5.41, 5.74) is 0. The molecule has 18 valence electrons. The topological polar surface area (TPSA) is 0 Å². The first-order valence-electron chi connectivity index (χ1n) is 0.535. The normalized spacial score (nSPS) is 3.50. The molecule has 0 aromatic carbocycles. The average molecular weight is 517 g/mol. The van der Waals surface area contributed by atoms with Crippen LogP contribution < -0.4 is 0 Å². The van der Waals surface area contributed by atoms with Crippen LogP contribution in [0, 0.1) is 0 Å². The van der Waals surface area contributed by atoms with Crippen LogP contribution in [0.2, 0.25) is 0 Å². The van der Waals surface area contributed by atoms with Gasteiger partial charge in [-0.25, -0.2) is 0 Å². The predicted molar refractivity (Wildman–Crippen MR) is 14.8 cm³/mol. The van der Waals surface area contributed by atoms with E-state index >= 15 is 0 Å². The summed E-state index contributed by atoms with van der Waals surface area (Å²) in [6.45, 7) is 0. The van der Waals surface area contributed by atoms with Gasteiger partial charge < -0.3 is 0 Å². The molecule has 0 rings (SSSR count). The second-order valence-corrected chi connectivity index (χ2v) is 0. The van der Waals surface area contributed by atoms with Crippen molar-refractivity contribution in [1.29, 1.82) is 0 Å². The van der Waals surface area contributed by atoms with Gasteiger partial charge in [0.2, 0.25) is 0 Å². The second-order valence-electron chi connectivity index (χ2n) is 0. The van der Waals surface area contributed by atoms with Crippen molar-refractivity contribution in [2.24, 2.45) is 0 Å². The summed E-state index contributed by atoms with van der Waals surface area (Å²) in [4.78, 5) is 0. The van der Waals surface area contributed by atoms with Crippen molar-refractivity contribution in [3.05, 3.63) is 0 Å². The number of rotatable bonds is 0. The van der Waals surface area contributed by atoms with Gasteiger partial charge in [0.25, 0.3) is 0 Å². The summed E-state index contributed by atoms with van der Waals surface area (Å²) in [6, 6.07) is 0. The van der Waals surface area contributed by atoms with E-state index in [4.69, 9.17) is 8.25 Å². The van der Waals surface area contributed by atoms with Crippen LogP contribution >= 0.6 is 20.2 Å². The number of hydrogen-bond donors (Lipinski definition) is 0. The molecule has 0 aliphatic carbocycles. The summed E-state index contributed by atoms with van der Waals surface area (Å²) >= 11 is 4.47.